The third-order valence-corrected chi connectivity index (χ3v) is 5.15. The Morgan fingerprint density at radius 1 is 1.17 bits per heavy atom. The number of anilines is 1. The van der Waals surface area contributed by atoms with Crippen LogP contribution in [0.15, 0.2) is 12.1 Å². The van der Waals surface area contributed by atoms with Gasteiger partial charge in [0.15, 0.2) is 5.13 Å². The maximum Gasteiger partial charge on any atom is 0.257 e. The molecular formula is C17H20N2O3S. The van der Waals surface area contributed by atoms with Crippen LogP contribution in [0.4, 0.5) is 5.13 Å². The van der Waals surface area contributed by atoms with Crippen LogP contribution in [0, 0.1) is 6.92 Å². The van der Waals surface area contributed by atoms with Crippen LogP contribution in [0.25, 0.3) is 0 Å². The van der Waals surface area contributed by atoms with Gasteiger partial charge in [0.05, 0.1) is 19.9 Å². The lowest BCUT2D eigenvalue weighted by Gasteiger charge is -2.12. The Balaban J connectivity index is 1.84. The number of thiazole rings is 1. The van der Waals surface area contributed by atoms with Gasteiger partial charge in [-0.3, -0.25) is 10.1 Å². The summed E-state index contributed by atoms with van der Waals surface area (Å²) >= 11 is 1.58. The summed E-state index contributed by atoms with van der Waals surface area (Å²) in [5.74, 6) is 1.06. The van der Waals surface area contributed by atoms with Gasteiger partial charge in [0.1, 0.15) is 11.5 Å². The SMILES string of the molecule is COc1cc(C(=O)Nc2nc3c(s2)CCCC3)cc(OC)c1C. The van der Waals surface area contributed by atoms with Gasteiger partial charge in [-0.25, -0.2) is 4.98 Å². The van der Waals surface area contributed by atoms with Crippen molar-refractivity contribution in [1.29, 1.82) is 0 Å². The number of carbonyl (C=O) groups excluding carboxylic acids is 1. The summed E-state index contributed by atoms with van der Waals surface area (Å²) in [5.41, 5.74) is 2.50. The van der Waals surface area contributed by atoms with Crippen LogP contribution in [0.5, 0.6) is 11.5 Å². The van der Waals surface area contributed by atoms with Crippen molar-refractivity contribution >= 4 is 22.4 Å². The molecule has 0 unspecified atom stereocenters. The third kappa shape index (κ3) is 3.17. The molecule has 1 N–H and O–H groups in total. The second-order valence-electron chi connectivity index (χ2n) is 5.56. The molecule has 1 aliphatic rings. The molecule has 1 aromatic heterocycles. The molecule has 5 nitrogen and oxygen atoms in total. The number of hydrogen-bond acceptors (Lipinski definition) is 5. The Morgan fingerprint density at radius 3 is 2.43 bits per heavy atom. The van der Waals surface area contributed by atoms with E-state index < -0.39 is 0 Å². The molecule has 0 spiro atoms. The highest BCUT2D eigenvalue weighted by molar-refractivity contribution is 7.15. The summed E-state index contributed by atoms with van der Waals surface area (Å²) in [6.45, 7) is 1.90. The molecule has 1 aromatic carbocycles. The Kier molecular flexibility index (Phi) is 4.52. The van der Waals surface area contributed by atoms with Gasteiger partial charge < -0.3 is 9.47 Å². The highest BCUT2D eigenvalue weighted by Gasteiger charge is 2.18. The molecule has 0 atom stereocenters. The summed E-state index contributed by atoms with van der Waals surface area (Å²) < 4.78 is 10.6. The standard InChI is InChI=1S/C17H20N2O3S/c1-10-13(21-2)8-11(9-14(10)22-3)16(20)19-17-18-12-6-4-5-7-15(12)23-17/h8-9H,4-7H2,1-3H3,(H,18,19,20). The van der Waals surface area contributed by atoms with Gasteiger partial charge in [0, 0.05) is 16.0 Å². The number of aromatic nitrogens is 1. The molecule has 0 fully saturated rings. The average molecular weight is 332 g/mol. The van der Waals surface area contributed by atoms with Gasteiger partial charge in [0.2, 0.25) is 0 Å². The fourth-order valence-corrected chi connectivity index (χ4v) is 3.84. The number of nitrogens with one attached hydrogen (secondary N) is 1. The minimum Gasteiger partial charge on any atom is -0.496 e. The predicted molar refractivity (Wildman–Crippen MR) is 91.0 cm³/mol. The van der Waals surface area contributed by atoms with Crippen LogP contribution < -0.4 is 14.8 Å². The van der Waals surface area contributed by atoms with E-state index in [1.165, 1.54) is 17.7 Å². The number of carbonyl (C=O) groups is 1. The van der Waals surface area contributed by atoms with Gasteiger partial charge in [-0.05, 0) is 44.7 Å². The van der Waals surface area contributed by atoms with Crippen molar-refractivity contribution in [2.75, 3.05) is 19.5 Å². The second kappa shape index (κ2) is 6.58. The second-order valence-corrected chi connectivity index (χ2v) is 6.64. The van der Waals surface area contributed by atoms with E-state index in [1.807, 2.05) is 6.92 Å². The van der Waals surface area contributed by atoms with Gasteiger partial charge >= 0.3 is 0 Å². The van der Waals surface area contributed by atoms with Crippen LogP contribution in [-0.2, 0) is 12.8 Å². The van der Waals surface area contributed by atoms with Crippen LogP contribution >= 0.6 is 11.3 Å². The van der Waals surface area contributed by atoms with E-state index in [1.54, 1.807) is 37.7 Å². The lowest BCUT2D eigenvalue weighted by atomic mass is 10.0. The summed E-state index contributed by atoms with van der Waals surface area (Å²) in [6, 6.07) is 3.45. The predicted octanol–water partition coefficient (Wildman–Crippen LogP) is 3.60. The molecule has 0 saturated heterocycles. The number of ether oxygens (including phenoxy) is 2. The van der Waals surface area contributed by atoms with Crippen molar-refractivity contribution in [2.24, 2.45) is 0 Å². The van der Waals surface area contributed by atoms with Crippen molar-refractivity contribution in [3.8, 4) is 11.5 Å². The molecule has 0 radical (unpaired) electrons. The Bertz CT molecular complexity index is 691. The van der Waals surface area contributed by atoms with Crippen molar-refractivity contribution in [1.82, 2.24) is 4.98 Å². The summed E-state index contributed by atoms with van der Waals surface area (Å²) in [5, 5.41) is 3.56. The molecule has 0 aliphatic heterocycles. The maximum absolute atomic E-state index is 12.5. The molecule has 122 valence electrons. The first-order chi connectivity index (χ1) is 11.1. The van der Waals surface area contributed by atoms with Crippen molar-refractivity contribution in [3.63, 3.8) is 0 Å². The summed E-state index contributed by atoms with van der Waals surface area (Å²) in [6.07, 6.45) is 4.45. The monoisotopic (exact) mass is 332 g/mol. The lowest BCUT2D eigenvalue weighted by Crippen LogP contribution is -2.12. The molecule has 23 heavy (non-hydrogen) atoms. The number of nitrogens with zero attached hydrogens (tertiary/aromatic N) is 1. The first-order valence-corrected chi connectivity index (χ1v) is 8.46. The topological polar surface area (TPSA) is 60.5 Å². The number of benzene rings is 1. The van der Waals surface area contributed by atoms with Crippen LogP contribution in [0.1, 0.15) is 39.3 Å². The van der Waals surface area contributed by atoms with Gasteiger partial charge in [-0.15, -0.1) is 11.3 Å². The van der Waals surface area contributed by atoms with E-state index in [-0.39, 0.29) is 5.91 Å². The number of rotatable bonds is 4. The Morgan fingerprint density at radius 2 is 1.83 bits per heavy atom. The maximum atomic E-state index is 12.5. The Hall–Kier alpha value is -2.08. The van der Waals surface area contributed by atoms with Crippen LogP contribution in [0.2, 0.25) is 0 Å². The molecule has 2 aromatic rings. The van der Waals surface area contributed by atoms with Gasteiger partial charge in [-0.1, -0.05) is 0 Å². The van der Waals surface area contributed by atoms with Crippen LogP contribution in [-0.4, -0.2) is 25.1 Å². The quantitative estimate of drug-likeness (QED) is 0.929. The zero-order chi connectivity index (χ0) is 16.4. The smallest absolute Gasteiger partial charge is 0.257 e. The van der Waals surface area contributed by atoms with E-state index in [4.69, 9.17) is 9.47 Å². The van der Waals surface area contributed by atoms with Crippen molar-refractivity contribution in [2.45, 2.75) is 32.6 Å². The Labute approximate surface area is 139 Å². The number of aryl methyl sites for hydroxylation is 2. The van der Waals surface area contributed by atoms with E-state index in [9.17, 15) is 4.79 Å². The molecule has 0 bridgehead atoms. The zero-order valence-electron chi connectivity index (χ0n) is 13.6. The highest BCUT2D eigenvalue weighted by atomic mass is 32.1. The highest BCUT2D eigenvalue weighted by Crippen LogP contribution is 2.32. The van der Waals surface area contributed by atoms with Gasteiger partial charge in [-0.2, -0.15) is 0 Å². The van der Waals surface area contributed by atoms with Crippen molar-refractivity contribution < 1.29 is 14.3 Å². The third-order valence-electron chi connectivity index (χ3n) is 4.08. The van der Waals surface area contributed by atoms with E-state index in [2.05, 4.69) is 10.3 Å². The summed E-state index contributed by atoms with van der Waals surface area (Å²) in [7, 11) is 3.16. The number of methoxy groups -OCH3 is 2. The van der Waals surface area contributed by atoms with E-state index >= 15 is 0 Å². The van der Waals surface area contributed by atoms with Crippen molar-refractivity contribution in [3.05, 3.63) is 33.8 Å². The molecule has 0 saturated carbocycles. The van der Waals surface area contributed by atoms with Gasteiger partial charge in [0.25, 0.3) is 5.91 Å². The minimum absolute atomic E-state index is 0.201. The normalized spacial score (nSPS) is 13.3. The largest absolute Gasteiger partial charge is 0.496 e. The van der Waals surface area contributed by atoms with Crippen LogP contribution in [0.3, 0.4) is 0 Å². The molecule has 6 heteroatoms. The number of hydrogen-bond donors (Lipinski definition) is 1. The minimum atomic E-state index is -0.201. The fraction of sp³-hybridized carbons (Fsp3) is 0.412. The molecule has 1 heterocycles. The molecule has 1 amide bonds. The molecule has 3 rings (SSSR count). The molecule has 1 aliphatic carbocycles. The van der Waals surface area contributed by atoms with E-state index in [0.29, 0.717) is 22.2 Å². The first kappa shape index (κ1) is 15.8. The number of amides is 1. The fourth-order valence-electron chi connectivity index (χ4n) is 2.79. The first-order valence-electron chi connectivity index (χ1n) is 7.65. The zero-order valence-corrected chi connectivity index (χ0v) is 14.4. The average Bonchev–Trinajstić information content (AvgIpc) is 2.97. The summed E-state index contributed by atoms with van der Waals surface area (Å²) in [4.78, 5) is 18.4. The van der Waals surface area contributed by atoms with E-state index in [0.717, 1.165) is 24.1 Å². The molecular weight excluding hydrogens is 312 g/mol. The lowest BCUT2D eigenvalue weighted by molar-refractivity contribution is 0.102. The number of fused-ring (bicyclic) bond motifs is 1.